The summed E-state index contributed by atoms with van der Waals surface area (Å²) in [5.74, 6) is 3.44. The molecule has 0 aromatic carbocycles. The van der Waals surface area contributed by atoms with E-state index in [0.29, 0.717) is 5.54 Å². The van der Waals surface area contributed by atoms with Crippen molar-refractivity contribution in [3.8, 4) is 0 Å². The van der Waals surface area contributed by atoms with E-state index >= 15 is 0 Å². The van der Waals surface area contributed by atoms with Crippen LogP contribution >= 0.6 is 0 Å². The maximum Gasteiger partial charge on any atom is 0.0336 e. The number of hydrogen-bond donors (Lipinski definition) is 1. The van der Waals surface area contributed by atoms with Crippen molar-refractivity contribution in [3.63, 3.8) is 0 Å². The molecule has 0 bridgehead atoms. The summed E-state index contributed by atoms with van der Waals surface area (Å²) < 4.78 is 0. The van der Waals surface area contributed by atoms with Gasteiger partial charge in [0.05, 0.1) is 0 Å². The maximum absolute atomic E-state index is 6.30. The molecule has 0 aromatic heterocycles. The van der Waals surface area contributed by atoms with Gasteiger partial charge in [-0.1, -0.05) is 27.7 Å². The van der Waals surface area contributed by atoms with Crippen molar-refractivity contribution in [1.82, 2.24) is 4.90 Å². The SMILES string of the molecule is CC1CC(C)CC(CN)(N2CCCC(C(C)C)CC2)C1. The third-order valence-electron chi connectivity index (χ3n) is 6.03. The molecule has 0 aromatic rings. The van der Waals surface area contributed by atoms with Crippen LogP contribution in [-0.4, -0.2) is 30.1 Å². The van der Waals surface area contributed by atoms with Gasteiger partial charge in [0, 0.05) is 12.1 Å². The summed E-state index contributed by atoms with van der Waals surface area (Å²) in [6.45, 7) is 13.0. The lowest BCUT2D eigenvalue weighted by Gasteiger charge is -2.49. The summed E-state index contributed by atoms with van der Waals surface area (Å²) >= 11 is 0. The molecule has 118 valence electrons. The van der Waals surface area contributed by atoms with Gasteiger partial charge in [0.1, 0.15) is 0 Å². The van der Waals surface area contributed by atoms with Gasteiger partial charge in [0.25, 0.3) is 0 Å². The normalized spacial score (nSPS) is 40.8. The summed E-state index contributed by atoms with van der Waals surface area (Å²) in [4.78, 5) is 2.79. The van der Waals surface area contributed by atoms with Crippen molar-refractivity contribution < 1.29 is 0 Å². The van der Waals surface area contributed by atoms with E-state index in [1.54, 1.807) is 0 Å². The van der Waals surface area contributed by atoms with E-state index in [0.717, 1.165) is 30.2 Å². The lowest BCUT2D eigenvalue weighted by Crippen LogP contribution is -2.57. The van der Waals surface area contributed by atoms with Gasteiger partial charge >= 0.3 is 0 Å². The molecule has 1 aliphatic heterocycles. The molecule has 3 atom stereocenters. The second-order valence-corrected chi connectivity index (χ2v) is 8.20. The Kier molecular flexibility index (Phi) is 5.53. The number of hydrogen-bond acceptors (Lipinski definition) is 2. The Morgan fingerprint density at radius 1 is 1.10 bits per heavy atom. The fourth-order valence-electron chi connectivity index (χ4n) is 5.05. The van der Waals surface area contributed by atoms with Gasteiger partial charge in [-0.3, -0.25) is 4.90 Å². The van der Waals surface area contributed by atoms with Crippen LogP contribution in [0.1, 0.15) is 66.2 Å². The third kappa shape index (κ3) is 3.57. The topological polar surface area (TPSA) is 29.3 Å². The highest BCUT2D eigenvalue weighted by Crippen LogP contribution is 2.41. The standard InChI is InChI=1S/C18H36N2/c1-14(2)17-6-5-8-20(9-7-17)18(13-19)11-15(3)10-16(4)12-18/h14-17H,5-13,19H2,1-4H3. The Bertz CT molecular complexity index is 290. The summed E-state index contributed by atoms with van der Waals surface area (Å²) in [7, 11) is 0. The van der Waals surface area contributed by atoms with Crippen LogP contribution in [0.3, 0.4) is 0 Å². The van der Waals surface area contributed by atoms with Crippen LogP contribution in [0.25, 0.3) is 0 Å². The Morgan fingerprint density at radius 3 is 2.30 bits per heavy atom. The van der Waals surface area contributed by atoms with E-state index in [4.69, 9.17) is 5.73 Å². The molecule has 2 N–H and O–H groups in total. The van der Waals surface area contributed by atoms with Gasteiger partial charge in [-0.05, 0) is 75.3 Å². The van der Waals surface area contributed by atoms with Crippen LogP contribution in [0.4, 0.5) is 0 Å². The first kappa shape index (κ1) is 16.3. The van der Waals surface area contributed by atoms with Crippen molar-refractivity contribution >= 4 is 0 Å². The van der Waals surface area contributed by atoms with E-state index in [2.05, 4.69) is 32.6 Å². The first-order valence-corrected chi connectivity index (χ1v) is 8.92. The molecule has 3 unspecified atom stereocenters. The quantitative estimate of drug-likeness (QED) is 0.849. The lowest BCUT2D eigenvalue weighted by atomic mass is 9.70. The Labute approximate surface area is 126 Å². The zero-order valence-corrected chi connectivity index (χ0v) is 14.2. The molecule has 1 heterocycles. The Hall–Kier alpha value is -0.0800. The summed E-state index contributed by atoms with van der Waals surface area (Å²) in [5, 5.41) is 0. The minimum Gasteiger partial charge on any atom is -0.329 e. The molecule has 0 amide bonds. The first-order valence-electron chi connectivity index (χ1n) is 8.92. The predicted octanol–water partition coefficient (Wildman–Crippen LogP) is 3.90. The van der Waals surface area contributed by atoms with Gasteiger partial charge in [-0.2, -0.15) is 0 Å². The van der Waals surface area contributed by atoms with Crippen LogP contribution in [0, 0.1) is 23.7 Å². The molecule has 1 saturated carbocycles. The van der Waals surface area contributed by atoms with E-state index in [1.807, 2.05) is 0 Å². The molecule has 2 rings (SSSR count). The second-order valence-electron chi connectivity index (χ2n) is 8.20. The molecule has 0 radical (unpaired) electrons. The van der Waals surface area contributed by atoms with Gasteiger partial charge in [-0.25, -0.2) is 0 Å². The molecule has 2 heteroatoms. The van der Waals surface area contributed by atoms with Gasteiger partial charge in [-0.15, -0.1) is 0 Å². The molecule has 0 spiro atoms. The fraction of sp³-hybridized carbons (Fsp3) is 1.00. The molecule has 2 aliphatic rings. The second kappa shape index (κ2) is 6.79. The minimum absolute atomic E-state index is 0.308. The van der Waals surface area contributed by atoms with Crippen LogP contribution in [0.15, 0.2) is 0 Å². The van der Waals surface area contributed by atoms with Crippen molar-refractivity contribution in [2.75, 3.05) is 19.6 Å². The summed E-state index contributed by atoms with van der Waals surface area (Å²) in [5.41, 5.74) is 6.61. The van der Waals surface area contributed by atoms with Crippen LogP contribution in [0.5, 0.6) is 0 Å². The highest BCUT2D eigenvalue weighted by molar-refractivity contribution is 4.98. The minimum atomic E-state index is 0.308. The van der Waals surface area contributed by atoms with Gasteiger partial charge in [0.15, 0.2) is 0 Å². The van der Waals surface area contributed by atoms with Crippen LogP contribution in [-0.2, 0) is 0 Å². The van der Waals surface area contributed by atoms with E-state index < -0.39 is 0 Å². The molecule has 2 fully saturated rings. The largest absolute Gasteiger partial charge is 0.329 e. The van der Waals surface area contributed by atoms with Gasteiger partial charge < -0.3 is 5.73 Å². The molecular formula is C18H36N2. The fourth-order valence-corrected chi connectivity index (χ4v) is 5.05. The highest BCUT2D eigenvalue weighted by Gasteiger charge is 2.41. The number of likely N-dealkylation sites (tertiary alicyclic amines) is 1. The lowest BCUT2D eigenvalue weighted by molar-refractivity contribution is 0.0206. The first-order chi connectivity index (χ1) is 9.47. The van der Waals surface area contributed by atoms with Crippen LogP contribution < -0.4 is 5.73 Å². The highest BCUT2D eigenvalue weighted by atomic mass is 15.2. The average Bonchev–Trinajstić information content (AvgIpc) is 2.63. The summed E-state index contributed by atoms with van der Waals surface area (Å²) in [6, 6.07) is 0. The average molecular weight is 281 g/mol. The molecule has 1 aliphatic carbocycles. The van der Waals surface area contributed by atoms with E-state index in [9.17, 15) is 0 Å². The Morgan fingerprint density at radius 2 is 1.75 bits per heavy atom. The molecule has 1 saturated heterocycles. The summed E-state index contributed by atoms with van der Waals surface area (Å²) in [6.07, 6.45) is 8.19. The maximum atomic E-state index is 6.30. The van der Waals surface area contributed by atoms with Crippen molar-refractivity contribution in [3.05, 3.63) is 0 Å². The molecular weight excluding hydrogens is 244 g/mol. The van der Waals surface area contributed by atoms with E-state index in [1.165, 1.54) is 51.6 Å². The zero-order valence-electron chi connectivity index (χ0n) is 14.2. The molecule has 2 nitrogen and oxygen atoms in total. The van der Waals surface area contributed by atoms with Crippen LogP contribution in [0.2, 0.25) is 0 Å². The number of nitrogens with zero attached hydrogens (tertiary/aromatic N) is 1. The monoisotopic (exact) mass is 280 g/mol. The zero-order chi connectivity index (χ0) is 14.8. The molecule has 20 heavy (non-hydrogen) atoms. The number of rotatable bonds is 3. The number of nitrogens with two attached hydrogens (primary N) is 1. The van der Waals surface area contributed by atoms with Gasteiger partial charge in [0.2, 0.25) is 0 Å². The Balaban J connectivity index is 2.07. The van der Waals surface area contributed by atoms with Crippen molar-refractivity contribution in [2.45, 2.75) is 71.8 Å². The van der Waals surface area contributed by atoms with Crippen molar-refractivity contribution in [2.24, 2.45) is 29.4 Å². The van der Waals surface area contributed by atoms with E-state index in [-0.39, 0.29) is 0 Å². The van der Waals surface area contributed by atoms with Crippen molar-refractivity contribution in [1.29, 1.82) is 0 Å². The third-order valence-corrected chi connectivity index (χ3v) is 6.03. The smallest absolute Gasteiger partial charge is 0.0336 e. The predicted molar refractivity (Wildman–Crippen MR) is 87.7 cm³/mol.